The number of aryl methyl sites for hydroxylation is 2. The van der Waals surface area contributed by atoms with Crippen LogP contribution in [0.1, 0.15) is 43.9 Å². The molecule has 3 aromatic rings. The van der Waals surface area contributed by atoms with Crippen LogP contribution in [0.5, 0.6) is 0 Å². The van der Waals surface area contributed by atoms with Gasteiger partial charge < -0.3 is 10.2 Å². The van der Waals surface area contributed by atoms with Gasteiger partial charge in [0, 0.05) is 13.1 Å². The van der Waals surface area contributed by atoms with Gasteiger partial charge in [0.15, 0.2) is 0 Å². The Morgan fingerprint density at radius 1 is 0.868 bits per heavy atom. The van der Waals surface area contributed by atoms with Gasteiger partial charge in [-0.25, -0.2) is 8.42 Å². The molecule has 0 aliphatic rings. The lowest BCUT2D eigenvalue weighted by molar-refractivity contribution is -0.140. The van der Waals surface area contributed by atoms with E-state index in [-0.39, 0.29) is 17.3 Å². The number of benzene rings is 3. The van der Waals surface area contributed by atoms with E-state index < -0.39 is 28.5 Å². The first-order valence-corrected chi connectivity index (χ1v) is 14.4. The highest BCUT2D eigenvalue weighted by atomic mass is 32.2. The molecule has 0 radical (unpaired) electrons. The zero-order valence-corrected chi connectivity index (χ0v) is 23.4. The smallest absolute Gasteiger partial charge is 0.264 e. The maximum Gasteiger partial charge on any atom is 0.264 e. The van der Waals surface area contributed by atoms with Crippen molar-refractivity contribution in [1.29, 1.82) is 0 Å². The lowest BCUT2D eigenvalue weighted by atomic mass is 10.1. The van der Waals surface area contributed by atoms with Gasteiger partial charge in [0.1, 0.15) is 12.6 Å². The Bertz CT molecular complexity index is 1330. The number of carbonyl (C=O) groups is 2. The van der Waals surface area contributed by atoms with Gasteiger partial charge >= 0.3 is 0 Å². The highest BCUT2D eigenvalue weighted by Crippen LogP contribution is 2.25. The third-order valence-corrected chi connectivity index (χ3v) is 8.20. The van der Waals surface area contributed by atoms with Gasteiger partial charge in [-0.2, -0.15) is 0 Å². The maximum atomic E-state index is 14.0. The van der Waals surface area contributed by atoms with Crippen molar-refractivity contribution in [2.75, 3.05) is 17.4 Å². The predicted molar refractivity (Wildman–Crippen MR) is 151 cm³/mol. The third kappa shape index (κ3) is 7.01. The van der Waals surface area contributed by atoms with E-state index in [1.54, 1.807) is 30.3 Å². The van der Waals surface area contributed by atoms with Crippen LogP contribution in [0.3, 0.4) is 0 Å². The van der Waals surface area contributed by atoms with E-state index in [0.717, 1.165) is 27.4 Å². The minimum Gasteiger partial charge on any atom is -0.355 e. The molecule has 1 unspecified atom stereocenters. The largest absolute Gasteiger partial charge is 0.355 e. The summed E-state index contributed by atoms with van der Waals surface area (Å²) in [7, 11) is -4.06. The molecule has 3 aromatic carbocycles. The van der Waals surface area contributed by atoms with E-state index in [1.807, 2.05) is 64.1 Å². The van der Waals surface area contributed by atoms with Gasteiger partial charge in [-0.05, 0) is 62.1 Å². The third-order valence-electron chi connectivity index (χ3n) is 6.41. The number of carbonyl (C=O) groups excluding carboxylic acids is 2. The van der Waals surface area contributed by atoms with Crippen LogP contribution >= 0.6 is 0 Å². The maximum absolute atomic E-state index is 14.0. The minimum atomic E-state index is -4.06. The van der Waals surface area contributed by atoms with Crippen LogP contribution in [-0.4, -0.2) is 44.3 Å². The zero-order chi connectivity index (χ0) is 27.7. The van der Waals surface area contributed by atoms with E-state index >= 15 is 0 Å². The molecule has 0 aliphatic carbocycles. The number of likely N-dealkylation sites (N-methyl/N-ethyl adjacent to an activating group) is 1. The first-order chi connectivity index (χ1) is 18.2. The summed E-state index contributed by atoms with van der Waals surface area (Å²) in [4.78, 5) is 28.5. The van der Waals surface area contributed by atoms with Crippen molar-refractivity contribution in [1.82, 2.24) is 10.2 Å². The number of hydrogen-bond donors (Lipinski definition) is 1. The van der Waals surface area contributed by atoms with Gasteiger partial charge in [0.25, 0.3) is 10.0 Å². The Morgan fingerprint density at radius 3 is 2.13 bits per heavy atom. The van der Waals surface area contributed by atoms with Crippen molar-refractivity contribution in [2.45, 2.75) is 58.0 Å². The molecule has 7 nitrogen and oxygen atoms in total. The second kappa shape index (κ2) is 13.2. The SMILES string of the molecule is CCNC(=O)C(CC)N(Cc1cccc(C)c1)C(=O)CN(c1ccc(CC)cc1)S(=O)(=O)c1ccccc1. The number of rotatable bonds is 12. The van der Waals surface area contributed by atoms with Gasteiger partial charge in [-0.1, -0.05) is 74.0 Å². The number of anilines is 1. The van der Waals surface area contributed by atoms with Crippen molar-refractivity contribution in [3.8, 4) is 0 Å². The van der Waals surface area contributed by atoms with E-state index in [1.165, 1.54) is 17.0 Å². The summed E-state index contributed by atoms with van der Waals surface area (Å²) in [5, 5.41) is 2.82. The monoisotopic (exact) mass is 535 g/mol. The number of nitrogens with one attached hydrogen (secondary N) is 1. The molecular weight excluding hydrogens is 498 g/mol. The molecule has 0 saturated carbocycles. The summed E-state index contributed by atoms with van der Waals surface area (Å²) >= 11 is 0. The molecule has 8 heteroatoms. The molecule has 0 heterocycles. The van der Waals surface area contributed by atoms with Crippen LogP contribution in [0.15, 0.2) is 83.8 Å². The van der Waals surface area contributed by atoms with E-state index in [9.17, 15) is 18.0 Å². The van der Waals surface area contributed by atoms with E-state index in [0.29, 0.717) is 18.7 Å². The molecule has 38 heavy (non-hydrogen) atoms. The second-order valence-corrected chi connectivity index (χ2v) is 11.0. The predicted octanol–water partition coefficient (Wildman–Crippen LogP) is 4.70. The fourth-order valence-corrected chi connectivity index (χ4v) is 5.80. The fourth-order valence-electron chi connectivity index (χ4n) is 4.37. The molecule has 0 bridgehead atoms. The van der Waals surface area contributed by atoms with Crippen molar-refractivity contribution in [3.63, 3.8) is 0 Å². The summed E-state index contributed by atoms with van der Waals surface area (Å²) in [5.41, 5.74) is 3.34. The topological polar surface area (TPSA) is 86.8 Å². The Kier molecular flexibility index (Phi) is 10.1. The average molecular weight is 536 g/mol. The Balaban J connectivity index is 2.05. The zero-order valence-electron chi connectivity index (χ0n) is 22.6. The van der Waals surface area contributed by atoms with E-state index in [4.69, 9.17) is 0 Å². The lowest BCUT2D eigenvalue weighted by Crippen LogP contribution is -2.52. The minimum absolute atomic E-state index is 0.0911. The van der Waals surface area contributed by atoms with Gasteiger partial charge in [0.2, 0.25) is 11.8 Å². The van der Waals surface area contributed by atoms with Gasteiger partial charge in [0.05, 0.1) is 10.6 Å². The van der Waals surface area contributed by atoms with Crippen molar-refractivity contribution in [3.05, 3.63) is 95.6 Å². The summed E-state index contributed by atoms with van der Waals surface area (Å²) < 4.78 is 28.7. The molecule has 3 rings (SSSR count). The summed E-state index contributed by atoms with van der Waals surface area (Å²) in [5.74, 6) is -0.718. The first-order valence-electron chi connectivity index (χ1n) is 13.0. The lowest BCUT2D eigenvalue weighted by Gasteiger charge is -2.33. The highest BCUT2D eigenvalue weighted by molar-refractivity contribution is 7.92. The van der Waals surface area contributed by atoms with Crippen LogP contribution < -0.4 is 9.62 Å². The molecular formula is C30H37N3O4S. The van der Waals surface area contributed by atoms with Crippen LogP contribution in [0.4, 0.5) is 5.69 Å². The number of hydrogen-bond acceptors (Lipinski definition) is 4. The Morgan fingerprint density at radius 2 is 1.55 bits per heavy atom. The number of sulfonamides is 1. The van der Waals surface area contributed by atoms with Crippen molar-refractivity contribution >= 4 is 27.5 Å². The molecule has 0 fully saturated rings. The molecule has 0 saturated heterocycles. The molecule has 0 aliphatic heterocycles. The molecule has 0 aromatic heterocycles. The first kappa shape index (κ1) is 28.9. The molecule has 1 N–H and O–H groups in total. The Hall–Kier alpha value is -3.65. The quantitative estimate of drug-likeness (QED) is 0.364. The molecule has 0 spiro atoms. The van der Waals surface area contributed by atoms with Crippen molar-refractivity contribution in [2.24, 2.45) is 0 Å². The number of nitrogens with zero attached hydrogens (tertiary/aromatic N) is 2. The second-order valence-electron chi connectivity index (χ2n) is 9.17. The highest BCUT2D eigenvalue weighted by Gasteiger charge is 2.33. The van der Waals surface area contributed by atoms with Gasteiger partial charge in [-0.15, -0.1) is 0 Å². The summed E-state index contributed by atoms with van der Waals surface area (Å²) in [6.45, 7) is 7.83. The average Bonchev–Trinajstić information content (AvgIpc) is 2.92. The van der Waals surface area contributed by atoms with Crippen LogP contribution in [-0.2, 0) is 32.6 Å². The summed E-state index contributed by atoms with van der Waals surface area (Å²) in [6, 6.07) is 22.2. The molecule has 202 valence electrons. The normalized spacial score (nSPS) is 12.0. The van der Waals surface area contributed by atoms with Crippen LogP contribution in [0.2, 0.25) is 0 Å². The van der Waals surface area contributed by atoms with E-state index in [2.05, 4.69) is 5.32 Å². The Labute approximate surface area is 226 Å². The van der Waals surface area contributed by atoms with Gasteiger partial charge in [-0.3, -0.25) is 13.9 Å². The van der Waals surface area contributed by atoms with Crippen LogP contribution in [0.25, 0.3) is 0 Å². The summed E-state index contributed by atoms with van der Waals surface area (Å²) in [6.07, 6.45) is 1.19. The van der Waals surface area contributed by atoms with Crippen molar-refractivity contribution < 1.29 is 18.0 Å². The molecule has 1 atom stereocenters. The number of amides is 2. The van der Waals surface area contributed by atoms with Crippen LogP contribution in [0, 0.1) is 6.92 Å². The molecule has 2 amide bonds. The fraction of sp³-hybridized carbons (Fsp3) is 0.333. The standard InChI is InChI=1S/C30H37N3O4S/c1-5-24-16-18-26(19-17-24)33(38(36,37)27-14-9-8-10-15-27)22-29(34)32(28(6-2)30(35)31-7-3)21-25-13-11-12-23(4)20-25/h8-20,28H,5-7,21-22H2,1-4H3,(H,31,35).